The number of amides is 1. The van der Waals surface area contributed by atoms with Gasteiger partial charge < -0.3 is 10.1 Å². The van der Waals surface area contributed by atoms with Crippen LogP contribution in [0.4, 0.5) is 0 Å². The first-order valence-electron chi connectivity index (χ1n) is 8.28. The van der Waals surface area contributed by atoms with Gasteiger partial charge in [0, 0.05) is 24.0 Å². The van der Waals surface area contributed by atoms with E-state index in [0.29, 0.717) is 17.3 Å². The second-order valence-electron chi connectivity index (χ2n) is 5.95. The van der Waals surface area contributed by atoms with Gasteiger partial charge in [0.05, 0.1) is 12.0 Å². The molecule has 1 N–H and O–H groups in total. The summed E-state index contributed by atoms with van der Waals surface area (Å²) in [6, 6.07) is 15.3. The molecule has 5 nitrogen and oxygen atoms in total. The van der Waals surface area contributed by atoms with Crippen LogP contribution in [-0.4, -0.2) is 22.4 Å². The zero-order valence-electron chi connectivity index (χ0n) is 14.5. The van der Waals surface area contributed by atoms with E-state index in [9.17, 15) is 4.79 Å². The smallest absolute Gasteiger partial charge is 0.271 e. The number of carbonyl (C=O) groups excluding carboxylic acids is 1. The molecule has 2 heterocycles. The Kier molecular flexibility index (Phi) is 4.83. The molecule has 2 aromatic carbocycles. The molecular formula is C20H16ClN3O2S. The fourth-order valence-corrected chi connectivity index (χ4v) is 3.90. The van der Waals surface area contributed by atoms with Crippen LogP contribution in [0.2, 0.25) is 5.02 Å². The van der Waals surface area contributed by atoms with Gasteiger partial charge in [-0.05, 0) is 47.5 Å². The fraction of sp³-hybridized carbons (Fsp3) is 0.100. The lowest BCUT2D eigenvalue weighted by atomic mass is 10.2. The average molecular weight is 398 g/mol. The summed E-state index contributed by atoms with van der Waals surface area (Å²) in [7, 11) is 1.65. The highest BCUT2D eigenvalue weighted by atomic mass is 35.5. The van der Waals surface area contributed by atoms with E-state index in [4.69, 9.17) is 16.3 Å². The third-order valence-electron chi connectivity index (χ3n) is 4.11. The fourth-order valence-electron chi connectivity index (χ4n) is 2.71. The van der Waals surface area contributed by atoms with Crippen LogP contribution in [0.3, 0.4) is 0 Å². The Morgan fingerprint density at radius 1 is 1.22 bits per heavy atom. The van der Waals surface area contributed by atoms with Crippen LogP contribution in [0.25, 0.3) is 15.4 Å². The summed E-state index contributed by atoms with van der Waals surface area (Å²) in [5.74, 6) is 0.607. The van der Waals surface area contributed by atoms with Gasteiger partial charge in [0.25, 0.3) is 5.91 Å². The van der Waals surface area contributed by atoms with Gasteiger partial charge in [0.2, 0.25) is 0 Å². The number of aromatic nitrogens is 2. The lowest BCUT2D eigenvalue weighted by molar-refractivity contribution is 0.0946. The molecule has 1 amide bonds. The van der Waals surface area contributed by atoms with Gasteiger partial charge in [-0.1, -0.05) is 35.1 Å². The van der Waals surface area contributed by atoms with Crippen LogP contribution < -0.4 is 10.1 Å². The molecule has 4 aromatic rings. The Balaban J connectivity index is 1.48. The van der Waals surface area contributed by atoms with E-state index in [2.05, 4.69) is 10.3 Å². The molecule has 0 fully saturated rings. The lowest BCUT2D eigenvalue weighted by Crippen LogP contribution is -2.23. The molecule has 2 aromatic heterocycles. The van der Waals surface area contributed by atoms with Gasteiger partial charge in [-0.15, -0.1) is 0 Å². The van der Waals surface area contributed by atoms with Crippen molar-refractivity contribution in [3.05, 3.63) is 77.2 Å². The number of fused-ring (bicyclic) bond motifs is 1. The maximum atomic E-state index is 12.4. The highest BCUT2D eigenvalue weighted by Crippen LogP contribution is 2.29. The van der Waals surface area contributed by atoms with Gasteiger partial charge >= 0.3 is 0 Å². The number of thiazole rings is 1. The number of rotatable bonds is 5. The summed E-state index contributed by atoms with van der Waals surface area (Å²) in [5, 5.41) is 3.52. The normalized spacial score (nSPS) is 10.9. The molecule has 27 heavy (non-hydrogen) atoms. The SMILES string of the molecule is COc1ccc(-c2cn3cc(C(=O)NCc4cccc(Cl)c4)nc3s2)cc1. The van der Waals surface area contributed by atoms with Gasteiger partial charge in [-0.3, -0.25) is 9.20 Å². The Labute approximate surface area is 165 Å². The Morgan fingerprint density at radius 3 is 2.74 bits per heavy atom. The first-order valence-corrected chi connectivity index (χ1v) is 9.47. The lowest BCUT2D eigenvalue weighted by Gasteiger charge is -2.03. The molecule has 0 aliphatic heterocycles. The number of carbonyl (C=O) groups is 1. The van der Waals surface area contributed by atoms with Gasteiger partial charge in [-0.25, -0.2) is 4.98 Å². The molecule has 0 saturated heterocycles. The van der Waals surface area contributed by atoms with Crippen LogP contribution in [0.5, 0.6) is 5.75 Å². The van der Waals surface area contributed by atoms with Crippen LogP contribution in [0.1, 0.15) is 16.1 Å². The van der Waals surface area contributed by atoms with E-state index in [-0.39, 0.29) is 5.91 Å². The quantitative estimate of drug-likeness (QED) is 0.533. The molecule has 136 valence electrons. The van der Waals surface area contributed by atoms with Crippen molar-refractivity contribution in [3.8, 4) is 16.2 Å². The largest absolute Gasteiger partial charge is 0.497 e. The second kappa shape index (κ2) is 7.42. The molecule has 0 radical (unpaired) electrons. The summed E-state index contributed by atoms with van der Waals surface area (Å²) in [6.45, 7) is 0.404. The minimum atomic E-state index is -0.211. The van der Waals surface area contributed by atoms with E-state index in [1.54, 1.807) is 19.4 Å². The van der Waals surface area contributed by atoms with Crippen molar-refractivity contribution in [1.82, 2.24) is 14.7 Å². The van der Waals surface area contributed by atoms with Gasteiger partial charge in [0.1, 0.15) is 11.4 Å². The number of nitrogens with zero attached hydrogens (tertiary/aromatic N) is 2. The average Bonchev–Trinajstić information content (AvgIpc) is 3.25. The molecule has 0 atom stereocenters. The van der Waals surface area contributed by atoms with Crippen molar-refractivity contribution in [2.45, 2.75) is 6.54 Å². The van der Waals surface area contributed by atoms with Gasteiger partial charge in [-0.2, -0.15) is 0 Å². The Hall–Kier alpha value is -2.83. The van der Waals surface area contributed by atoms with E-state index >= 15 is 0 Å². The third kappa shape index (κ3) is 3.82. The summed E-state index contributed by atoms with van der Waals surface area (Å²) < 4.78 is 7.06. The van der Waals surface area contributed by atoms with E-state index in [1.165, 1.54) is 11.3 Å². The van der Waals surface area contributed by atoms with E-state index < -0.39 is 0 Å². The third-order valence-corrected chi connectivity index (χ3v) is 5.39. The van der Waals surface area contributed by atoms with E-state index in [1.807, 2.05) is 53.1 Å². The Bertz CT molecular complexity index is 1070. The number of halogens is 1. The topological polar surface area (TPSA) is 55.6 Å². The maximum absolute atomic E-state index is 12.4. The van der Waals surface area contributed by atoms with Crippen molar-refractivity contribution in [3.63, 3.8) is 0 Å². The zero-order chi connectivity index (χ0) is 18.8. The second-order valence-corrected chi connectivity index (χ2v) is 7.40. The summed E-state index contributed by atoms with van der Waals surface area (Å²) in [4.78, 5) is 18.7. The zero-order valence-corrected chi connectivity index (χ0v) is 16.1. The van der Waals surface area contributed by atoms with Crippen molar-refractivity contribution in [2.75, 3.05) is 7.11 Å². The number of hydrogen-bond donors (Lipinski definition) is 1. The summed E-state index contributed by atoms with van der Waals surface area (Å²) in [6.07, 6.45) is 3.72. The number of hydrogen-bond acceptors (Lipinski definition) is 4. The molecule has 0 bridgehead atoms. The van der Waals surface area contributed by atoms with Crippen LogP contribution in [0.15, 0.2) is 60.9 Å². The van der Waals surface area contributed by atoms with Crippen LogP contribution in [0, 0.1) is 0 Å². The monoisotopic (exact) mass is 397 g/mol. The van der Waals surface area contributed by atoms with Crippen LogP contribution >= 0.6 is 22.9 Å². The van der Waals surface area contributed by atoms with Gasteiger partial charge in [0.15, 0.2) is 4.96 Å². The highest BCUT2D eigenvalue weighted by Gasteiger charge is 2.13. The molecule has 0 aliphatic carbocycles. The number of methoxy groups -OCH3 is 1. The molecular weight excluding hydrogens is 382 g/mol. The van der Waals surface area contributed by atoms with E-state index in [0.717, 1.165) is 26.7 Å². The van der Waals surface area contributed by atoms with Crippen molar-refractivity contribution in [2.24, 2.45) is 0 Å². The molecule has 7 heteroatoms. The Morgan fingerprint density at radius 2 is 2.04 bits per heavy atom. The van der Waals surface area contributed by atoms with Crippen molar-refractivity contribution in [1.29, 1.82) is 0 Å². The maximum Gasteiger partial charge on any atom is 0.271 e. The van der Waals surface area contributed by atoms with Crippen molar-refractivity contribution < 1.29 is 9.53 Å². The molecule has 4 rings (SSSR count). The predicted octanol–water partition coefficient (Wildman–Crippen LogP) is 4.65. The van der Waals surface area contributed by atoms with Crippen molar-refractivity contribution >= 4 is 33.8 Å². The van der Waals surface area contributed by atoms with Crippen LogP contribution in [-0.2, 0) is 6.54 Å². The predicted molar refractivity (Wildman–Crippen MR) is 108 cm³/mol. The molecule has 0 unspecified atom stereocenters. The number of imidazole rings is 1. The summed E-state index contributed by atoms with van der Waals surface area (Å²) >= 11 is 7.50. The molecule has 0 aliphatic rings. The first kappa shape index (κ1) is 17.6. The molecule has 0 spiro atoms. The standard InChI is InChI=1S/C20H16ClN3O2S/c1-26-16-7-5-14(6-8-16)18-12-24-11-17(23-20(24)27-18)19(25)22-10-13-3-2-4-15(21)9-13/h2-9,11-12H,10H2,1H3,(H,22,25). The highest BCUT2D eigenvalue weighted by molar-refractivity contribution is 7.20. The minimum absolute atomic E-state index is 0.211. The number of benzene rings is 2. The number of nitrogens with one attached hydrogen (secondary N) is 1. The summed E-state index contributed by atoms with van der Waals surface area (Å²) in [5.41, 5.74) is 2.42. The molecule has 0 saturated carbocycles. The minimum Gasteiger partial charge on any atom is -0.497 e. The first-order chi connectivity index (χ1) is 13.1. The number of ether oxygens (including phenoxy) is 1.